The van der Waals surface area contributed by atoms with Gasteiger partial charge in [0.05, 0.1) is 0 Å². The summed E-state index contributed by atoms with van der Waals surface area (Å²) in [5, 5.41) is 19.5. The van der Waals surface area contributed by atoms with Crippen molar-refractivity contribution in [2.45, 2.75) is 20.0 Å². The van der Waals surface area contributed by atoms with Gasteiger partial charge in [-0.05, 0) is 66.1 Å². The quantitative estimate of drug-likeness (QED) is 0.760. The Bertz CT molecular complexity index is 649. The second-order valence-corrected chi connectivity index (χ2v) is 5.31. The first kappa shape index (κ1) is 12.1. The number of nitrogens with zero attached hydrogens (tertiary/aromatic N) is 1. The van der Waals surface area contributed by atoms with E-state index in [4.69, 9.17) is 0 Å². The SMILES string of the molecule is Cc1cc2c(cc1O)CN(C)Cc1cc(O)ccc1-2. The van der Waals surface area contributed by atoms with E-state index in [1.54, 1.807) is 6.07 Å². The molecule has 0 radical (unpaired) electrons. The number of phenolic OH excluding ortho intramolecular Hbond substituents is 2. The Kier molecular flexibility index (Phi) is 2.72. The van der Waals surface area contributed by atoms with E-state index in [-0.39, 0.29) is 0 Å². The first-order valence-corrected chi connectivity index (χ1v) is 6.38. The minimum absolute atomic E-state index is 0.297. The monoisotopic (exact) mass is 255 g/mol. The fraction of sp³-hybridized carbons (Fsp3) is 0.250. The molecule has 2 aromatic rings. The smallest absolute Gasteiger partial charge is 0.118 e. The van der Waals surface area contributed by atoms with Crippen molar-refractivity contribution in [2.24, 2.45) is 0 Å². The van der Waals surface area contributed by atoms with Crippen molar-refractivity contribution >= 4 is 0 Å². The van der Waals surface area contributed by atoms with Gasteiger partial charge in [-0.25, -0.2) is 0 Å². The van der Waals surface area contributed by atoms with Crippen molar-refractivity contribution in [1.29, 1.82) is 0 Å². The molecule has 1 aliphatic heterocycles. The van der Waals surface area contributed by atoms with Crippen molar-refractivity contribution in [3.8, 4) is 22.6 Å². The zero-order valence-electron chi connectivity index (χ0n) is 11.1. The van der Waals surface area contributed by atoms with Crippen molar-refractivity contribution in [3.05, 3.63) is 47.0 Å². The fourth-order valence-corrected chi connectivity index (χ4v) is 2.73. The van der Waals surface area contributed by atoms with E-state index >= 15 is 0 Å². The third kappa shape index (κ3) is 2.06. The normalized spacial score (nSPS) is 14.6. The fourth-order valence-electron chi connectivity index (χ4n) is 2.73. The van der Waals surface area contributed by atoms with Crippen LogP contribution in [0.1, 0.15) is 16.7 Å². The van der Waals surface area contributed by atoms with E-state index in [9.17, 15) is 10.2 Å². The van der Waals surface area contributed by atoms with Crippen LogP contribution < -0.4 is 0 Å². The van der Waals surface area contributed by atoms with Crippen LogP contribution in [0.2, 0.25) is 0 Å². The number of phenols is 2. The lowest BCUT2D eigenvalue weighted by molar-refractivity contribution is 0.321. The van der Waals surface area contributed by atoms with Crippen LogP contribution >= 0.6 is 0 Å². The molecule has 19 heavy (non-hydrogen) atoms. The number of aromatic hydroxyl groups is 2. The van der Waals surface area contributed by atoms with Crippen LogP contribution in [0.4, 0.5) is 0 Å². The van der Waals surface area contributed by atoms with Gasteiger partial charge in [0, 0.05) is 13.1 Å². The molecule has 0 bridgehead atoms. The lowest BCUT2D eigenvalue weighted by Gasteiger charge is -2.14. The molecule has 0 unspecified atom stereocenters. The second kappa shape index (κ2) is 4.28. The van der Waals surface area contributed by atoms with Crippen LogP contribution in [-0.2, 0) is 13.1 Å². The molecular formula is C16H17NO2. The topological polar surface area (TPSA) is 43.7 Å². The molecule has 1 heterocycles. The number of aryl methyl sites for hydroxylation is 1. The van der Waals surface area contributed by atoms with Gasteiger partial charge in [0.25, 0.3) is 0 Å². The number of benzene rings is 2. The largest absolute Gasteiger partial charge is 0.508 e. The van der Waals surface area contributed by atoms with Gasteiger partial charge in [-0.2, -0.15) is 0 Å². The molecule has 2 N–H and O–H groups in total. The lowest BCUT2D eigenvalue weighted by atomic mass is 9.94. The Hall–Kier alpha value is -2.00. The van der Waals surface area contributed by atoms with Gasteiger partial charge >= 0.3 is 0 Å². The first-order valence-electron chi connectivity index (χ1n) is 6.38. The lowest BCUT2D eigenvalue weighted by Crippen LogP contribution is -2.15. The third-order valence-corrected chi connectivity index (χ3v) is 3.68. The summed E-state index contributed by atoms with van der Waals surface area (Å²) >= 11 is 0. The Morgan fingerprint density at radius 2 is 1.63 bits per heavy atom. The van der Waals surface area contributed by atoms with Crippen molar-refractivity contribution in [2.75, 3.05) is 7.05 Å². The standard InChI is InChI=1S/C16H17NO2/c1-10-5-15-12(7-16(10)19)9-17(2)8-11-6-13(18)3-4-14(11)15/h3-7,18-19H,8-9H2,1-2H3. The molecule has 0 aliphatic carbocycles. The van der Waals surface area contributed by atoms with E-state index in [1.165, 1.54) is 0 Å². The summed E-state index contributed by atoms with van der Waals surface area (Å²) in [6, 6.07) is 9.38. The molecule has 0 saturated carbocycles. The molecule has 0 atom stereocenters. The zero-order chi connectivity index (χ0) is 13.6. The highest BCUT2D eigenvalue weighted by Crippen LogP contribution is 2.36. The highest BCUT2D eigenvalue weighted by Gasteiger charge is 2.18. The predicted octanol–water partition coefficient (Wildman–Crippen LogP) is 3.02. The van der Waals surface area contributed by atoms with Gasteiger partial charge in [-0.1, -0.05) is 6.07 Å². The van der Waals surface area contributed by atoms with Crippen LogP contribution in [0.5, 0.6) is 11.5 Å². The molecular weight excluding hydrogens is 238 g/mol. The molecule has 3 rings (SSSR count). The molecule has 98 valence electrons. The predicted molar refractivity (Wildman–Crippen MR) is 75.1 cm³/mol. The van der Waals surface area contributed by atoms with Gasteiger partial charge in [-0.3, -0.25) is 4.90 Å². The molecule has 3 heteroatoms. The summed E-state index contributed by atoms with van der Waals surface area (Å²) in [6.07, 6.45) is 0. The first-order chi connectivity index (χ1) is 9.04. The van der Waals surface area contributed by atoms with E-state index < -0.39 is 0 Å². The van der Waals surface area contributed by atoms with Gasteiger partial charge in [0.2, 0.25) is 0 Å². The molecule has 0 amide bonds. The summed E-state index contributed by atoms with van der Waals surface area (Å²) in [5.74, 6) is 0.639. The number of fused-ring (bicyclic) bond motifs is 3. The van der Waals surface area contributed by atoms with Gasteiger partial charge in [0.1, 0.15) is 11.5 Å². The maximum atomic E-state index is 9.89. The molecule has 3 nitrogen and oxygen atoms in total. The Balaban J connectivity index is 2.28. The number of hydrogen-bond acceptors (Lipinski definition) is 3. The van der Waals surface area contributed by atoms with E-state index in [2.05, 4.69) is 4.90 Å². The third-order valence-electron chi connectivity index (χ3n) is 3.68. The number of rotatable bonds is 0. The average molecular weight is 255 g/mol. The molecule has 2 aromatic carbocycles. The molecule has 1 aliphatic rings. The van der Waals surface area contributed by atoms with Crippen molar-refractivity contribution in [1.82, 2.24) is 4.90 Å². The van der Waals surface area contributed by atoms with Crippen LogP contribution in [0.25, 0.3) is 11.1 Å². The molecule has 0 fully saturated rings. The maximum absolute atomic E-state index is 9.89. The molecule has 0 aromatic heterocycles. The molecule has 0 saturated heterocycles. The highest BCUT2D eigenvalue weighted by atomic mass is 16.3. The van der Waals surface area contributed by atoms with Crippen molar-refractivity contribution < 1.29 is 10.2 Å². The van der Waals surface area contributed by atoms with Crippen LogP contribution in [0.15, 0.2) is 30.3 Å². The van der Waals surface area contributed by atoms with Crippen LogP contribution in [0.3, 0.4) is 0 Å². The van der Waals surface area contributed by atoms with Gasteiger partial charge in [-0.15, -0.1) is 0 Å². The van der Waals surface area contributed by atoms with E-state index in [0.29, 0.717) is 11.5 Å². The Morgan fingerprint density at radius 1 is 0.947 bits per heavy atom. The van der Waals surface area contributed by atoms with E-state index in [1.807, 2.05) is 38.2 Å². The summed E-state index contributed by atoms with van der Waals surface area (Å²) < 4.78 is 0. The summed E-state index contributed by atoms with van der Waals surface area (Å²) in [4.78, 5) is 2.18. The summed E-state index contributed by atoms with van der Waals surface area (Å²) in [5.41, 5.74) is 5.40. The Morgan fingerprint density at radius 3 is 2.37 bits per heavy atom. The van der Waals surface area contributed by atoms with Crippen LogP contribution in [0, 0.1) is 6.92 Å². The van der Waals surface area contributed by atoms with Gasteiger partial charge < -0.3 is 10.2 Å². The summed E-state index contributed by atoms with van der Waals surface area (Å²) in [6.45, 7) is 3.49. The minimum Gasteiger partial charge on any atom is -0.508 e. The van der Waals surface area contributed by atoms with Gasteiger partial charge in [0.15, 0.2) is 0 Å². The zero-order valence-corrected chi connectivity index (χ0v) is 11.1. The molecule has 0 spiro atoms. The average Bonchev–Trinajstić information content (AvgIpc) is 2.45. The number of hydrogen-bond donors (Lipinski definition) is 2. The highest BCUT2D eigenvalue weighted by molar-refractivity contribution is 5.74. The maximum Gasteiger partial charge on any atom is 0.118 e. The van der Waals surface area contributed by atoms with Crippen LogP contribution in [-0.4, -0.2) is 22.2 Å². The second-order valence-electron chi connectivity index (χ2n) is 5.31. The van der Waals surface area contributed by atoms with Crippen molar-refractivity contribution in [3.63, 3.8) is 0 Å². The Labute approximate surface area is 112 Å². The minimum atomic E-state index is 0.297. The summed E-state index contributed by atoms with van der Waals surface area (Å²) in [7, 11) is 2.04. The van der Waals surface area contributed by atoms with E-state index in [0.717, 1.165) is 40.9 Å².